The largest absolute Gasteiger partial charge is 0.297 e. The van der Waals surface area contributed by atoms with E-state index in [1.54, 1.807) is 13.8 Å². The first-order valence-electron chi connectivity index (χ1n) is 3.65. The number of hydrogen-bond acceptors (Lipinski definition) is 2. The van der Waals surface area contributed by atoms with Crippen LogP contribution in [-0.2, 0) is 4.84 Å². The van der Waals surface area contributed by atoms with Crippen LogP contribution in [0, 0.1) is 0 Å². The first-order chi connectivity index (χ1) is 5.51. The highest BCUT2D eigenvalue weighted by Crippen LogP contribution is 2.21. The van der Waals surface area contributed by atoms with Gasteiger partial charge in [-0.1, -0.05) is 11.6 Å². The summed E-state index contributed by atoms with van der Waals surface area (Å²) >= 11 is 5.58. The molecule has 1 aliphatic rings. The lowest BCUT2D eigenvalue weighted by molar-refractivity contribution is 0.0192. The van der Waals surface area contributed by atoms with Gasteiger partial charge in [0.1, 0.15) is 5.83 Å². The predicted molar refractivity (Wildman–Crippen MR) is 46.3 cm³/mol. The lowest BCUT2D eigenvalue weighted by Gasteiger charge is -2.23. The Labute approximate surface area is 76.0 Å². The fraction of sp³-hybridized carbons (Fsp3) is 0.500. The van der Waals surface area contributed by atoms with Crippen LogP contribution in [0.15, 0.2) is 23.0 Å². The molecule has 0 spiro atoms. The van der Waals surface area contributed by atoms with E-state index in [0.29, 0.717) is 0 Å². The standard InChI is InChI=1S/C8H11ClFNO/c1-8(2)5-7(10)6(9)3-4-12-11-8/h3,5,11H,4H2,1-2H3/b6-3+,7-5+. The normalized spacial score (nSPS) is 32.3. The molecule has 1 aliphatic heterocycles. The van der Waals surface area contributed by atoms with Crippen LogP contribution in [0.4, 0.5) is 4.39 Å². The Balaban J connectivity index is 2.89. The number of hydrogen-bond donors (Lipinski definition) is 1. The molecular formula is C8H11ClFNO. The Morgan fingerprint density at radius 3 is 3.00 bits per heavy atom. The van der Waals surface area contributed by atoms with Gasteiger partial charge in [0, 0.05) is 0 Å². The van der Waals surface area contributed by atoms with Crippen LogP contribution in [0.3, 0.4) is 0 Å². The Morgan fingerprint density at radius 2 is 2.33 bits per heavy atom. The Morgan fingerprint density at radius 1 is 1.67 bits per heavy atom. The second-order valence-electron chi connectivity index (χ2n) is 3.18. The minimum absolute atomic E-state index is 0.101. The minimum atomic E-state index is -0.529. The molecule has 0 atom stereocenters. The summed E-state index contributed by atoms with van der Waals surface area (Å²) in [7, 11) is 0. The molecule has 2 nitrogen and oxygen atoms in total. The predicted octanol–water partition coefficient (Wildman–Crippen LogP) is 2.28. The summed E-state index contributed by atoms with van der Waals surface area (Å²) in [6.45, 7) is 3.85. The molecule has 1 rings (SSSR count). The fourth-order valence-corrected chi connectivity index (χ4v) is 0.973. The quantitative estimate of drug-likeness (QED) is 0.634. The number of rotatable bonds is 0. The average Bonchev–Trinajstić information content (AvgIpc) is 1.95. The van der Waals surface area contributed by atoms with Crippen LogP contribution in [0.2, 0.25) is 0 Å². The number of hydroxylamine groups is 1. The monoisotopic (exact) mass is 191 g/mol. The fourth-order valence-electron chi connectivity index (χ4n) is 0.855. The van der Waals surface area contributed by atoms with Gasteiger partial charge in [-0.15, -0.1) is 0 Å². The van der Waals surface area contributed by atoms with Crippen LogP contribution in [0.1, 0.15) is 13.8 Å². The highest BCUT2D eigenvalue weighted by Gasteiger charge is 2.18. The van der Waals surface area contributed by atoms with E-state index in [1.165, 1.54) is 12.2 Å². The molecule has 0 fully saturated rings. The van der Waals surface area contributed by atoms with Crippen LogP contribution in [0.5, 0.6) is 0 Å². The molecule has 0 aromatic rings. The van der Waals surface area contributed by atoms with Crippen LogP contribution in [0.25, 0.3) is 0 Å². The van der Waals surface area contributed by atoms with Crippen molar-refractivity contribution in [3.05, 3.63) is 23.0 Å². The third-order valence-corrected chi connectivity index (χ3v) is 1.73. The summed E-state index contributed by atoms with van der Waals surface area (Å²) in [6, 6.07) is 0. The average molecular weight is 192 g/mol. The van der Waals surface area contributed by atoms with E-state index in [1.807, 2.05) is 0 Å². The minimum Gasteiger partial charge on any atom is -0.297 e. The molecule has 0 amide bonds. The molecule has 0 aromatic heterocycles. The molecule has 1 N–H and O–H groups in total. The summed E-state index contributed by atoms with van der Waals surface area (Å²) < 4.78 is 13.1. The smallest absolute Gasteiger partial charge is 0.139 e. The van der Waals surface area contributed by atoms with Gasteiger partial charge in [0.2, 0.25) is 0 Å². The molecule has 0 bridgehead atoms. The SMILES string of the molecule is CC1(C)/C=C(F)\C(Cl)=C/CON1. The molecule has 1 heterocycles. The first-order valence-corrected chi connectivity index (χ1v) is 4.02. The van der Waals surface area contributed by atoms with Gasteiger partial charge in [0.05, 0.1) is 17.2 Å². The second kappa shape index (κ2) is 3.56. The summed E-state index contributed by atoms with van der Waals surface area (Å²) in [5.41, 5.74) is 2.16. The van der Waals surface area contributed by atoms with Crippen molar-refractivity contribution in [2.75, 3.05) is 6.61 Å². The molecule has 4 heteroatoms. The van der Waals surface area contributed by atoms with Gasteiger partial charge in [0.25, 0.3) is 0 Å². The maximum Gasteiger partial charge on any atom is 0.139 e. The van der Waals surface area contributed by atoms with Crippen LogP contribution in [-0.4, -0.2) is 12.1 Å². The lowest BCUT2D eigenvalue weighted by Crippen LogP contribution is -2.38. The van der Waals surface area contributed by atoms with Crippen molar-refractivity contribution >= 4 is 11.6 Å². The van der Waals surface area contributed by atoms with Crippen molar-refractivity contribution in [1.82, 2.24) is 5.48 Å². The van der Waals surface area contributed by atoms with Crippen molar-refractivity contribution in [3.8, 4) is 0 Å². The van der Waals surface area contributed by atoms with Crippen molar-refractivity contribution in [2.45, 2.75) is 19.4 Å². The van der Waals surface area contributed by atoms with E-state index in [2.05, 4.69) is 5.48 Å². The molecule has 0 saturated heterocycles. The van der Waals surface area contributed by atoms with Crippen molar-refractivity contribution in [1.29, 1.82) is 0 Å². The number of allylic oxidation sites excluding steroid dienone is 2. The Hall–Kier alpha value is -0.380. The van der Waals surface area contributed by atoms with E-state index >= 15 is 0 Å². The first kappa shape index (κ1) is 9.71. The van der Waals surface area contributed by atoms with Crippen LogP contribution >= 0.6 is 11.6 Å². The maximum absolute atomic E-state index is 13.1. The summed E-state index contributed by atoms with van der Waals surface area (Å²) in [5.74, 6) is -0.419. The Bertz CT molecular complexity index is 235. The van der Waals surface area contributed by atoms with Crippen molar-refractivity contribution in [2.24, 2.45) is 0 Å². The van der Waals surface area contributed by atoms with Crippen LogP contribution < -0.4 is 5.48 Å². The molecule has 0 aliphatic carbocycles. The molecule has 0 aromatic carbocycles. The number of nitrogens with one attached hydrogen (secondary N) is 1. The molecular weight excluding hydrogens is 181 g/mol. The van der Waals surface area contributed by atoms with Gasteiger partial charge in [-0.05, 0) is 26.0 Å². The van der Waals surface area contributed by atoms with E-state index in [9.17, 15) is 4.39 Å². The molecule has 12 heavy (non-hydrogen) atoms. The highest BCUT2D eigenvalue weighted by atomic mass is 35.5. The van der Waals surface area contributed by atoms with E-state index < -0.39 is 11.4 Å². The van der Waals surface area contributed by atoms with Gasteiger partial charge >= 0.3 is 0 Å². The molecule has 0 unspecified atom stereocenters. The zero-order chi connectivity index (χ0) is 9.19. The topological polar surface area (TPSA) is 21.3 Å². The molecule has 0 saturated carbocycles. The van der Waals surface area contributed by atoms with E-state index in [4.69, 9.17) is 16.4 Å². The van der Waals surface area contributed by atoms with Gasteiger partial charge in [-0.25, -0.2) is 4.39 Å². The summed E-state index contributed by atoms with van der Waals surface area (Å²) in [4.78, 5) is 4.99. The van der Waals surface area contributed by atoms with Crippen molar-refractivity contribution in [3.63, 3.8) is 0 Å². The second-order valence-corrected chi connectivity index (χ2v) is 3.59. The lowest BCUT2D eigenvalue weighted by atomic mass is 10.1. The number of halogens is 2. The molecule has 68 valence electrons. The Kier molecular flexibility index (Phi) is 2.88. The van der Waals surface area contributed by atoms with E-state index in [-0.39, 0.29) is 11.6 Å². The van der Waals surface area contributed by atoms with Gasteiger partial charge in [-0.3, -0.25) is 4.84 Å². The van der Waals surface area contributed by atoms with Gasteiger partial charge < -0.3 is 0 Å². The zero-order valence-electron chi connectivity index (χ0n) is 7.03. The summed E-state index contributed by atoms with van der Waals surface area (Å²) in [5, 5.41) is 0.101. The maximum atomic E-state index is 13.1. The van der Waals surface area contributed by atoms with E-state index in [0.717, 1.165) is 0 Å². The van der Waals surface area contributed by atoms with Crippen molar-refractivity contribution < 1.29 is 9.23 Å². The third-order valence-electron chi connectivity index (χ3n) is 1.40. The zero-order valence-corrected chi connectivity index (χ0v) is 7.78. The van der Waals surface area contributed by atoms with Gasteiger partial charge in [-0.2, -0.15) is 5.48 Å². The molecule has 0 radical (unpaired) electrons. The third kappa shape index (κ3) is 2.59. The highest BCUT2D eigenvalue weighted by molar-refractivity contribution is 6.31. The summed E-state index contributed by atoms with van der Waals surface area (Å²) in [6.07, 6.45) is 2.85. The van der Waals surface area contributed by atoms with Gasteiger partial charge in [0.15, 0.2) is 0 Å².